The molecule has 2 aromatic rings. The van der Waals surface area contributed by atoms with Crippen molar-refractivity contribution >= 4 is 17.1 Å². The Labute approximate surface area is 130 Å². The van der Waals surface area contributed by atoms with Gasteiger partial charge in [0.2, 0.25) is 0 Å². The third-order valence-corrected chi connectivity index (χ3v) is 3.96. The molecule has 1 saturated heterocycles. The fourth-order valence-electron chi connectivity index (χ4n) is 2.97. The Morgan fingerprint density at radius 3 is 2.95 bits per heavy atom. The molecule has 1 unspecified atom stereocenters. The molecule has 5 heteroatoms. The minimum absolute atomic E-state index is 0.0738. The molecule has 0 saturated carbocycles. The maximum absolute atomic E-state index is 12.5. The summed E-state index contributed by atoms with van der Waals surface area (Å²) in [7, 11) is 0. The number of nitrogens with zero attached hydrogens (tertiary/aromatic N) is 2. The Balaban J connectivity index is 1.86. The van der Waals surface area contributed by atoms with Gasteiger partial charge in [0, 0.05) is 6.54 Å². The first-order valence-corrected chi connectivity index (χ1v) is 7.87. The second-order valence-corrected chi connectivity index (χ2v) is 6.86. The molecular formula is C17H23N3O2. The lowest BCUT2D eigenvalue weighted by molar-refractivity contribution is 0.00953. The summed E-state index contributed by atoms with van der Waals surface area (Å²) >= 11 is 0. The number of hydrogen-bond acceptors (Lipinski definition) is 3. The Bertz CT molecular complexity index is 672. The number of imidazole rings is 1. The molecule has 0 bridgehead atoms. The first-order chi connectivity index (χ1) is 10.4. The lowest BCUT2D eigenvalue weighted by atomic mass is 9.95. The summed E-state index contributed by atoms with van der Waals surface area (Å²) in [4.78, 5) is 21.8. The van der Waals surface area contributed by atoms with E-state index in [1.807, 2.05) is 31.7 Å². The molecular weight excluding hydrogens is 278 g/mol. The van der Waals surface area contributed by atoms with Crippen molar-refractivity contribution in [3.05, 3.63) is 30.1 Å². The minimum Gasteiger partial charge on any atom is -0.444 e. The van der Waals surface area contributed by atoms with Crippen molar-refractivity contribution in [2.24, 2.45) is 0 Å². The van der Waals surface area contributed by atoms with Gasteiger partial charge in [-0.05, 0) is 57.7 Å². The molecule has 5 nitrogen and oxygen atoms in total. The number of hydrogen-bond donors (Lipinski definition) is 1. The fraction of sp³-hybridized carbons (Fsp3) is 0.529. The van der Waals surface area contributed by atoms with Gasteiger partial charge < -0.3 is 14.6 Å². The highest BCUT2D eigenvalue weighted by Crippen LogP contribution is 2.33. The molecule has 0 aliphatic carbocycles. The molecule has 118 valence electrons. The fourth-order valence-corrected chi connectivity index (χ4v) is 2.97. The molecule has 1 fully saturated rings. The van der Waals surface area contributed by atoms with Crippen LogP contribution in [0.1, 0.15) is 51.6 Å². The number of amides is 1. The number of ether oxygens (including phenoxy) is 1. The zero-order valence-corrected chi connectivity index (χ0v) is 13.4. The number of nitrogens with one attached hydrogen (secondary N) is 1. The first kappa shape index (κ1) is 14.9. The van der Waals surface area contributed by atoms with Gasteiger partial charge in [-0.25, -0.2) is 9.78 Å². The number of benzene rings is 1. The van der Waals surface area contributed by atoms with Crippen LogP contribution >= 0.6 is 0 Å². The summed E-state index contributed by atoms with van der Waals surface area (Å²) in [5.41, 5.74) is 2.62. The van der Waals surface area contributed by atoms with Crippen molar-refractivity contribution in [2.45, 2.75) is 51.7 Å². The molecule has 1 amide bonds. The molecule has 0 spiro atoms. The maximum Gasteiger partial charge on any atom is 0.410 e. The largest absolute Gasteiger partial charge is 0.444 e. The second kappa shape index (κ2) is 5.63. The van der Waals surface area contributed by atoms with E-state index in [2.05, 4.69) is 22.1 Å². The summed E-state index contributed by atoms with van der Waals surface area (Å²) in [6.07, 6.45) is 4.60. The van der Waals surface area contributed by atoms with Gasteiger partial charge in [-0.1, -0.05) is 6.07 Å². The summed E-state index contributed by atoms with van der Waals surface area (Å²) < 4.78 is 5.57. The summed E-state index contributed by atoms with van der Waals surface area (Å²) in [6.45, 7) is 6.46. The van der Waals surface area contributed by atoms with Gasteiger partial charge in [0.15, 0.2) is 0 Å². The number of likely N-dealkylation sites (tertiary alicyclic amines) is 1. The van der Waals surface area contributed by atoms with Crippen molar-refractivity contribution in [3.63, 3.8) is 0 Å². The van der Waals surface area contributed by atoms with Crippen LogP contribution in [0.4, 0.5) is 4.79 Å². The number of piperidine rings is 1. The number of H-pyrrole nitrogens is 1. The zero-order chi connectivity index (χ0) is 15.7. The molecule has 0 radical (unpaired) electrons. The topological polar surface area (TPSA) is 58.2 Å². The number of aromatic amines is 1. The van der Waals surface area contributed by atoms with Crippen molar-refractivity contribution in [1.82, 2.24) is 14.9 Å². The highest BCUT2D eigenvalue weighted by molar-refractivity contribution is 5.76. The van der Waals surface area contributed by atoms with Crippen molar-refractivity contribution < 1.29 is 9.53 Å². The molecule has 1 aliphatic rings. The number of aromatic nitrogens is 2. The zero-order valence-electron chi connectivity index (χ0n) is 13.4. The molecule has 2 heterocycles. The van der Waals surface area contributed by atoms with Crippen LogP contribution in [0.25, 0.3) is 11.0 Å². The van der Waals surface area contributed by atoms with E-state index in [4.69, 9.17) is 4.74 Å². The third-order valence-electron chi connectivity index (χ3n) is 3.96. The summed E-state index contributed by atoms with van der Waals surface area (Å²) in [6, 6.07) is 6.25. The van der Waals surface area contributed by atoms with E-state index in [0.717, 1.165) is 42.4 Å². The highest BCUT2D eigenvalue weighted by Gasteiger charge is 2.31. The predicted octanol–water partition coefficient (Wildman–Crippen LogP) is 4.03. The van der Waals surface area contributed by atoms with Crippen LogP contribution in [0.5, 0.6) is 0 Å². The standard InChI is InChI=1S/C17H23N3O2/c1-17(2,3)22-16(21)20-9-5-4-6-15(20)12-7-8-13-14(10-12)19-11-18-13/h7-8,10-11,15H,4-6,9H2,1-3H3,(H,18,19). The average molecular weight is 301 g/mol. The smallest absolute Gasteiger partial charge is 0.410 e. The maximum atomic E-state index is 12.5. The molecule has 1 aromatic heterocycles. The van der Waals surface area contributed by atoms with E-state index < -0.39 is 5.60 Å². The number of carbonyl (C=O) groups excluding carboxylic acids is 1. The van der Waals surface area contributed by atoms with Gasteiger partial charge in [-0.15, -0.1) is 0 Å². The van der Waals surface area contributed by atoms with E-state index in [1.165, 1.54) is 0 Å². The molecule has 1 aromatic carbocycles. The van der Waals surface area contributed by atoms with Gasteiger partial charge in [0.25, 0.3) is 0 Å². The van der Waals surface area contributed by atoms with Crippen LogP contribution in [0, 0.1) is 0 Å². The lowest BCUT2D eigenvalue weighted by Gasteiger charge is -2.37. The normalized spacial score (nSPS) is 19.4. The number of carbonyl (C=O) groups is 1. The van der Waals surface area contributed by atoms with E-state index in [1.54, 1.807) is 6.33 Å². The van der Waals surface area contributed by atoms with Gasteiger partial charge in [0.05, 0.1) is 23.4 Å². The summed E-state index contributed by atoms with van der Waals surface area (Å²) in [5.74, 6) is 0. The van der Waals surface area contributed by atoms with Crippen LogP contribution in [0.15, 0.2) is 24.5 Å². The summed E-state index contributed by atoms with van der Waals surface area (Å²) in [5, 5.41) is 0. The first-order valence-electron chi connectivity index (χ1n) is 7.87. The van der Waals surface area contributed by atoms with Gasteiger partial charge in [0.1, 0.15) is 5.60 Å². The van der Waals surface area contributed by atoms with E-state index in [0.29, 0.717) is 0 Å². The highest BCUT2D eigenvalue weighted by atomic mass is 16.6. The van der Waals surface area contributed by atoms with Crippen molar-refractivity contribution in [3.8, 4) is 0 Å². The van der Waals surface area contributed by atoms with Crippen LogP contribution in [0.3, 0.4) is 0 Å². The van der Waals surface area contributed by atoms with Crippen molar-refractivity contribution in [1.29, 1.82) is 0 Å². The molecule has 1 aliphatic heterocycles. The third kappa shape index (κ3) is 3.08. The number of fused-ring (bicyclic) bond motifs is 1. The van der Waals surface area contributed by atoms with Crippen molar-refractivity contribution in [2.75, 3.05) is 6.54 Å². The number of rotatable bonds is 1. The minimum atomic E-state index is -0.467. The molecule has 1 atom stereocenters. The Kier molecular flexibility index (Phi) is 3.81. The molecule has 22 heavy (non-hydrogen) atoms. The average Bonchev–Trinajstić information content (AvgIpc) is 2.92. The Morgan fingerprint density at radius 2 is 2.18 bits per heavy atom. The quantitative estimate of drug-likeness (QED) is 0.865. The van der Waals surface area contributed by atoms with E-state index in [9.17, 15) is 4.79 Å². The predicted molar refractivity (Wildman–Crippen MR) is 85.6 cm³/mol. The van der Waals surface area contributed by atoms with Crippen LogP contribution in [-0.4, -0.2) is 33.1 Å². The van der Waals surface area contributed by atoms with Gasteiger partial charge in [-0.2, -0.15) is 0 Å². The van der Waals surface area contributed by atoms with Gasteiger partial charge >= 0.3 is 6.09 Å². The molecule has 1 N–H and O–H groups in total. The lowest BCUT2D eigenvalue weighted by Crippen LogP contribution is -2.41. The Morgan fingerprint density at radius 1 is 1.36 bits per heavy atom. The van der Waals surface area contributed by atoms with Crippen LogP contribution in [-0.2, 0) is 4.74 Å². The van der Waals surface area contributed by atoms with Crippen LogP contribution < -0.4 is 0 Å². The monoisotopic (exact) mass is 301 g/mol. The van der Waals surface area contributed by atoms with Gasteiger partial charge in [-0.3, -0.25) is 0 Å². The van der Waals surface area contributed by atoms with E-state index >= 15 is 0 Å². The van der Waals surface area contributed by atoms with Crippen LogP contribution in [0.2, 0.25) is 0 Å². The van der Waals surface area contributed by atoms with E-state index in [-0.39, 0.29) is 12.1 Å². The SMILES string of the molecule is CC(C)(C)OC(=O)N1CCCCC1c1ccc2[nH]cnc2c1. The second-order valence-electron chi connectivity index (χ2n) is 6.86. The molecule has 3 rings (SSSR count). The Hall–Kier alpha value is -2.04.